The van der Waals surface area contributed by atoms with Gasteiger partial charge in [0.2, 0.25) is 11.7 Å². The van der Waals surface area contributed by atoms with Crippen LogP contribution in [-0.4, -0.2) is 21.7 Å². The lowest BCUT2D eigenvalue weighted by Gasteiger charge is -2.22. The zero-order valence-electron chi connectivity index (χ0n) is 17.8. The van der Waals surface area contributed by atoms with Crippen LogP contribution in [-0.2, 0) is 18.1 Å². The minimum atomic E-state index is -4.69. The minimum Gasteiger partial charge on any atom is -0.444 e. The molecule has 2 aromatic carbocycles. The molecule has 0 fully saturated rings. The van der Waals surface area contributed by atoms with E-state index < -0.39 is 12.1 Å². The van der Waals surface area contributed by atoms with Crippen LogP contribution in [0.15, 0.2) is 63.7 Å². The molecular weight excluding hydrogens is 440 g/mol. The van der Waals surface area contributed by atoms with Crippen LogP contribution < -0.4 is 5.32 Å². The molecule has 2 aromatic heterocycles. The van der Waals surface area contributed by atoms with Crippen molar-refractivity contribution in [3.63, 3.8) is 0 Å². The normalized spacial score (nSPS) is 12.3. The third-order valence-electron chi connectivity index (χ3n) is 5.04. The Balaban J connectivity index is 1.39. The Labute approximate surface area is 186 Å². The molecule has 0 bridgehead atoms. The first-order valence-corrected chi connectivity index (χ1v) is 10.0. The van der Waals surface area contributed by atoms with Gasteiger partial charge in [0.15, 0.2) is 0 Å². The van der Waals surface area contributed by atoms with Crippen LogP contribution in [0.1, 0.15) is 31.0 Å². The van der Waals surface area contributed by atoms with Gasteiger partial charge in [0.1, 0.15) is 12.1 Å². The Hall–Kier alpha value is -3.53. The molecule has 0 aliphatic rings. The average Bonchev–Trinajstić information content (AvgIpc) is 3.45. The minimum absolute atomic E-state index is 0.125. The van der Waals surface area contributed by atoms with Gasteiger partial charge >= 0.3 is 12.1 Å². The standard InChI is InChI=1S/C23H20F4N4O2/c1-22(2,18-12-32-20(29-18)15-6-8-17(24)9-7-15)13-28-11-14-4-3-5-16(10-14)19-30-21(33-31-19)23(25,26)27/h3-10,12,28H,11,13H2,1-2H3. The highest BCUT2D eigenvalue weighted by atomic mass is 19.4. The summed E-state index contributed by atoms with van der Waals surface area (Å²) in [7, 11) is 0. The van der Waals surface area contributed by atoms with Crippen molar-refractivity contribution in [3.8, 4) is 22.8 Å². The summed E-state index contributed by atoms with van der Waals surface area (Å²) in [6.45, 7) is 5.01. The van der Waals surface area contributed by atoms with E-state index in [2.05, 4.69) is 25.0 Å². The van der Waals surface area contributed by atoms with Gasteiger partial charge in [-0.25, -0.2) is 9.37 Å². The Morgan fingerprint density at radius 3 is 2.42 bits per heavy atom. The topological polar surface area (TPSA) is 77.0 Å². The summed E-state index contributed by atoms with van der Waals surface area (Å²) in [5.74, 6) is -1.43. The van der Waals surface area contributed by atoms with E-state index in [-0.39, 0.29) is 17.1 Å². The second kappa shape index (κ2) is 8.78. The van der Waals surface area contributed by atoms with E-state index in [4.69, 9.17) is 4.42 Å². The molecule has 10 heteroatoms. The largest absolute Gasteiger partial charge is 0.471 e. The fourth-order valence-electron chi connectivity index (χ4n) is 3.20. The number of hydrogen-bond donors (Lipinski definition) is 1. The fraction of sp³-hybridized carbons (Fsp3) is 0.261. The molecule has 0 saturated heterocycles. The lowest BCUT2D eigenvalue weighted by molar-refractivity contribution is -0.159. The van der Waals surface area contributed by atoms with Crippen molar-refractivity contribution in [1.82, 2.24) is 20.4 Å². The quantitative estimate of drug-likeness (QED) is 0.361. The van der Waals surface area contributed by atoms with Crippen molar-refractivity contribution < 1.29 is 26.5 Å². The molecule has 0 aliphatic heterocycles. The molecule has 0 amide bonds. The number of halogens is 4. The van der Waals surface area contributed by atoms with Gasteiger partial charge in [-0.2, -0.15) is 18.2 Å². The van der Waals surface area contributed by atoms with Crippen molar-refractivity contribution >= 4 is 0 Å². The highest BCUT2D eigenvalue weighted by Crippen LogP contribution is 2.30. The van der Waals surface area contributed by atoms with Crippen molar-refractivity contribution in [1.29, 1.82) is 0 Å². The summed E-state index contributed by atoms with van der Waals surface area (Å²) >= 11 is 0. The maximum absolute atomic E-state index is 13.1. The van der Waals surface area contributed by atoms with Gasteiger partial charge in [-0.15, -0.1) is 0 Å². The monoisotopic (exact) mass is 460 g/mol. The molecule has 172 valence electrons. The molecule has 0 spiro atoms. The molecule has 0 saturated carbocycles. The molecule has 0 unspecified atom stereocenters. The number of rotatable bonds is 7. The van der Waals surface area contributed by atoms with Crippen LogP contribution in [0.3, 0.4) is 0 Å². The van der Waals surface area contributed by atoms with E-state index in [1.807, 2.05) is 19.9 Å². The Morgan fingerprint density at radius 1 is 0.970 bits per heavy atom. The Bertz CT molecular complexity index is 1230. The molecule has 0 atom stereocenters. The van der Waals surface area contributed by atoms with Crippen LogP contribution in [0, 0.1) is 5.82 Å². The van der Waals surface area contributed by atoms with Gasteiger partial charge in [-0.05, 0) is 35.9 Å². The van der Waals surface area contributed by atoms with Crippen molar-refractivity contribution in [2.24, 2.45) is 0 Å². The molecule has 0 radical (unpaired) electrons. The number of benzene rings is 2. The van der Waals surface area contributed by atoms with Crippen LogP contribution in [0.2, 0.25) is 0 Å². The summed E-state index contributed by atoms with van der Waals surface area (Å²) < 4.78 is 61.1. The molecule has 4 rings (SSSR count). The molecule has 0 aliphatic carbocycles. The number of alkyl halides is 3. The number of oxazole rings is 1. The second-order valence-corrected chi connectivity index (χ2v) is 8.15. The summed E-state index contributed by atoms with van der Waals surface area (Å²) in [5.41, 5.74) is 2.30. The number of hydrogen-bond acceptors (Lipinski definition) is 6. The summed E-state index contributed by atoms with van der Waals surface area (Å²) in [5, 5.41) is 6.75. The highest BCUT2D eigenvalue weighted by molar-refractivity contribution is 5.55. The second-order valence-electron chi connectivity index (χ2n) is 8.15. The maximum atomic E-state index is 13.1. The summed E-state index contributed by atoms with van der Waals surface area (Å²) in [4.78, 5) is 7.96. The third kappa shape index (κ3) is 5.28. The van der Waals surface area contributed by atoms with Gasteiger partial charge < -0.3 is 14.3 Å². The van der Waals surface area contributed by atoms with Gasteiger partial charge in [0.05, 0.1) is 5.69 Å². The number of aromatic nitrogens is 3. The Kier molecular flexibility index (Phi) is 6.03. The molecule has 4 aromatic rings. The first-order chi connectivity index (χ1) is 15.6. The molecule has 1 N–H and O–H groups in total. The molecular formula is C23H20F4N4O2. The third-order valence-corrected chi connectivity index (χ3v) is 5.04. The zero-order valence-corrected chi connectivity index (χ0v) is 17.8. The molecule has 33 heavy (non-hydrogen) atoms. The van der Waals surface area contributed by atoms with E-state index in [0.717, 1.165) is 11.3 Å². The summed E-state index contributed by atoms with van der Waals surface area (Å²) in [6.07, 6.45) is -3.11. The average molecular weight is 460 g/mol. The predicted octanol–water partition coefficient (Wildman–Crippen LogP) is 5.62. The smallest absolute Gasteiger partial charge is 0.444 e. The van der Waals surface area contributed by atoms with Gasteiger partial charge in [0.25, 0.3) is 0 Å². The van der Waals surface area contributed by atoms with Crippen molar-refractivity contribution in [2.75, 3.05) is 6.54 Å². The van der Waals surface area contributed by atoms with Gasteiger partial charge in [-0.3, -0.25) is 0 Å². The van der Waals surface area contributed by atoms with Crippen LogP contribution >= 0.6 is 0 Å². The highest BCUT2D eigenvalue weighted by Gasteiger charge is 2.38. The molecule has 2 heterocycles. The fourth-order valence-corrected chi connectivity index (χ4v) is 3.20. The number of nitrogens with one attached hydrogen (secondary N) is 1. The maximum Gasteiger partial charge on any atom is 0.471 e. The van der Waals surface area contributed by atoms with E-state index in [0.29, 0.717) is 30.1 Å². The zero-order chi connectivity index (χ0) is 23.6. The van der Waals surface area contributed by atoms with E-state index >= 15 is 0 Å². The van der Waals surface area contributed by atoms with Gasteiger partial charge in [0, 0.05) is 29.6 Å². The number of nitrogens with zero attached hydrogens (tertiary/aromatic N) is 3. The molecule has 6 nitrogen and oxygen atoms in total. The first-order valence-electron chi connectivity index (χ1n) is 10.0. The Morgan fingerprint density at radius 2 is 1.73 bits per heavy atom. The SMILES string of the molecule is CC(C)(CNCc1cccc(-c2noc(C(F)(F)F)n2)c1)c1coc(-c2ccc(F)cc2)n1. The lowest BCUT2D eigenvalue weighted by Crippen LogP contribution is -2.33. The van der Waals surface area contributed by atoms with E-state index in [9.17, 15) is 17.6 Å². The lowest BCUT2D eigenvalue weighted by atomic mass is 9.90. The van der Waals surface area contributed by atoms with Crippen LogP contribution in [0.25, 0.3) is 22.8 Å². The van der Waals surface area contributed by atoms with Crippen LogP contribution in [0.5, 0.6) is 0 Å². The first kappa shape index (κ1) is 22.7. The van der Waals surface area contributed by atoms with Crippen molar-refractivity contribution in [2.45, 2.75) is 32.0 Å². The van der Waals surface area contributed by atoms with Crippen LogP contribution in [0.4, 0.5) is 17.6 Å². The van der Waals surface area contributed by atoms with E-state index in [1.165, 1.54) is 12.1 Å². The van der Waals surface area contributed by atoms with Gasteiger partial charge in [-0.1, -0.05) is 37.2 Å². The summed E-state index contributed by atoms with van der Waals surface area (Å²) in [6, 6.07) is 12.8. The van der Waals surface area contributed by atoms with E-state index in [1.54, 1.807) is 36.6 Å². The predicted molar refractivity (Wildman–Crippen MR) is 111 cm³/mol. The van der Waals surface area contributed by atoms with Crippen molar-refractivity contribution in [3.05, 3.63) is 77.8 Å².